The lowest BCUT2D eigenvalue weighted by atomic mass is 10.1. The van der Waals surface area contributed by atoms with Crippen molar-refractivity contribution in [3.05, 3.63) is 0 Å². The molecule has 0 aromatic carbocycles. The zero-order valence-corrected chi connectivity index (χ0v) is 8.83. The van der Waals surface area contributed by atoms with Crippen LogP contribution in [0.2, 0.25) is 0 Å². The first-order valence-electron chi connectivity index (χ1n) is 5.64. The summed E-state index contributed by atoms with van der Waals surface area (Å²) in [4.78, 5) is 2.69. The normalized spacial score (nSPS) is 36.2. The fourth-order valence-corrected chi connectivity index (χ4v) is 2.88. The van der Waals surface area contributed by atoms with Crippen LogP contribution in [-0.2, 0) is 4.74 Å². The summed E-state index contributed by atoms with van der Waals surface area (Å²) in [6, 6.07) is 2.11. The van der Waals surface area contributed by atoms with Crippen molar-refractivity contribution in [2.75, 3.05) is 13.2 Å². The molecule has 0 N–H and O–H groups in total. The summed E-state index contributed by atoms with van der Waals surface area (Å²) in [7, 11) is 0. The number of morpholine rings is 1. The second-order valence-corrected chi connectivity index (χ2v) is 4.67. The lowest BCUT2D eigenvalue weighted by Gasteiger charge is -2.43. The second kappa shape index (κ2) is 3.97. The number of hydrogen-bond donors (Lipinski definition) is 0. The molecule has 0 radical (unpaired) electrons. The van der Waals surface area contributed by atoms with Crippen LogP contribution in [0, 0.1) is 0 Å². The molecular weight excluding hydrogens is 162 g/mol. The molecule has 2 heteroatoms. The predicted molar refractivity (Wildman–Crippen MR) is 53.8 cm³/mol. The molecule has 2 aliphatic heterocycles. The van der Waals surface area contributed by atoms with Crippen LogP contribution in [-0.4, -0.2) is 36.2 Å². The molecule has 2 rings (SSSR count). The lowest BCUT2D eigenvalue weighted by Crippen LogP contribution is -2.54. The van der Waals surface area contributed by atoms with E-state index in [2.05, 4.69) is 18.7 Å². The molecule has 76 valence electrons. The fourth-order valence-electron chi connectivity index (χ4n) is 2.88. The van der Waals surface area contributed by atoms with E-state index in [1.165, 1.54) is 25.7 Å². The van der Waals surface area contributed by atoms with E-state index in [4.69, 9.17) is 4.74 Å². The minimum Gasteiger partial charge on any atom is -0.378 e. The molecule has 13 heavy (non-hydrogen) atoms. The molecule has 0 saturated carbocycles. The smallest absolute Gasteiger partial charge is 0.0622 e. The van der Waals surface area contributed by atoms with Crippen LogP contribution < -0.4 is 0 Å². The summed E-state index contributed by atoms with van der Waals surface area (Å²) < 4.78 is 5.66. The zero-order valence-electron chi connectivity index (χ0n) is 8.83. The summed E-state index contributed by atoms with van der Waals surface area (Å²) in [6.45, 7) is 6.57. The lowest BCUT2D eigenvalue weighted by molar-refractivity contribution is -0.0614. The molecule has 0 aromatic heterocycles. The molecule has 2 atom stereocenters. The number of ether oxygens (including phenoxy) is 1. The van der Waals surface area contributed by atoms with E-state index in [1.807, 2.05) is 0 Å². The van der Waals surface area contributed by atoms with Gasteiger partial charge in [0.1, 0.15) is 0 Å². The van der Waals surface area contributed by atoms with Crippen LogP contribution in [0.3, 0.4) is 0 Å². The predicted octanol–water partition coefficient (Wildman–Crippen LogP) is 2.04. The summed E-state index contributed by atoms with van der Waals surface area (Å²) in [5.41, 5.74) is 0. The quantitative estimate of drug-likeness (QED) is 0.617. The summed E-state index contributed by atoms with van der Waals surface area (Å²) >= 11 is 0. The Balaban J connectivity index is 2.11. The molecular formula is C11H21NO. The summed E-state index contributed by atoms with van der Waals surface area (Å²) in [5.74, 6) is 0. The Labute approximate surface area is 81.3 Å². The monoisotopic (exact) mass is 183 g/mol. The van der Waals surface area contributed by atoms with Crippen molar-refractivity contribution in [1.82, 2.24) is 4.90 Å². The molecule has 2 aliphatic rings. The van der Waals surface area contributed by atoms with E-state index in [9.17, 15) is 0 Å². The average Bonchev–Trinajstić information content (AvgIpc) is 2.22. The van der Waals surface area contributed by atoms with E-state index >= 15 is 0 Å². The third-order valence-corrected chi connectivity index (χ3v) is 3.38. The van der Waals surface area contributed by atoms with Gasteiger partial charge in [-0.3, -0.25) is 4.90 Å². The van der Waals surface area contributed by atoms with E-state index < -0.39 is 0 Å². The van der Waals surface area contributed by atoms with Crippen molar-refractivity contribution < 1.29 is 4.74 Å². The molecule has 0 aliphatic carbocycles. The molecule has 0 spiro atoms. The highest BCUT2D eigenvalue weighted by Gasteiger charge is 2.34. The van der Waals surface area contributed by atoms with Gasteiger partial charge in [-0.15, -0.1) is 0 Å². The van der Waals surface area contributed by atoms with Gasteiger partial charge < -0.3 is 4.74 Å². The first-order valence-corrected chi connectivity index (χ1v) is 5.64. The molecule has 2 saturated heterocycles. The highest BCUT2D eigenvalue weighted by atomic mass is 16.5. The molecule has 0 amide bonds. The number of rotatable bonds is 1. The Kier molecular flexibility index (Phi) is 2.89. The molecule has 2 heterocycles. The largest absolute Gasteiger partial charge is 0.378 e. The van der Waals surface area contributed by atoms with Gasteiger partial charge in [0.05, 0.1) is 13.2 Å². The topological polar surface area (TPSA) is 12.5 Å². The van der Waals surface area contributed by atoms with Crippen molar-refractivity contribution in [3.8, 4) is 0 Å². The van der Waals surface area contributed by atoms with Gasteiger partial charge in [-0.05, 0) is 26.7 Å². The molecule has 2 unspecified atom stereocenters. The second-order valence-electron chi connectivity index (χ2n) is 4.67. The minimum absolute atomic E-state index is 0.692. The first-order chi connectivity index (χ1) is 6.29. The Hall–Kier alpha value is -0.0800. The molecule has 0 aromatic rings. The van der Waals surface area contributed by atoms with Gasteiger partial charge in [-0.2, -0.15) is 0 Å². The standard InChI is InChI=1S/C11H21NO/c1-9(2)12-10-5-3-4-6-11(12)8-13-7-10/h9-11H,3-8H2,1-2H3. The summed E-state index contributed by atoms with van der Waals surface area (Å²) in [5, 5.41) is 0. The van der Waals surface area contributed by atoms with Crippen LogP contribution in [0.1, 0.15) is 39.5 Å². The SMILES string of the molecule is CC(C)N1C2CCCCC1COC2. The van der Waals surface area contributed by atoms with Gasteiger partial charge in [0, 0.05) is 18.1 Å². The van der Waals surface area contributed by atoms with Crippen LogP contribution in [0.15, 0.2) is 0 Å². The number of fused-ring (bicyclic) bond motifs is 2. The fraction of sp³-hybridized carbons (Fsp3) is 1.00. The van der Waals surface area contributed by atoms with Crippen molar-refractivity contribution in [3.63, 3.8) is 0 Å². The van der Waals surface area contributed by atoms with Crippen molar-refractivity contribution in [2.45, 2.75) is 57.7 Å². The zero-order chi connectivity index (χ0) is 9.26. The Morgan fingerprint density at radius 2 is 1.62 bits per heavy atom. The van der Waals surface area contributed by atoms with E-state index in [1.54, 1.807) is 0 Å². The van der Waals surface area contributed by atoms with Gasteiger partial charge in [0.25, 0.3) is 0 Å². The summed E-state index contributed by atoms with van der Waals surface area (Å²) in [6.07, 6.45) is 5.48. The average molecular weight is 183 g/mol. The van der Waals surface area contributed by atoms with Gasteiger partial charge in [0.2, 0.25) is 0 Å². The van der Waals surface area contributed by atoms with Gasteiger partial charge in [0.15, 0.2) is 0 Å². The van der Waals surface area contributed by atoms with Crippen LogP contribution in [0.4, 0.5) is 0 Å². The molecule has 2 fully saturated rings. The first kappa shape index (κ1) is 9.47. The van der Waals surface area contributed by atoms with E-state index in [0.717, 1.165) is 13.2 Å². The Morgan fingerprint density at radius 3 is 2.08 bits per heavy atom. The number of nitrogens with zero attached hydrogens (tertiary/aromatic N) is 1. The highest BCUT2D eigenvalue weighted by molar-refractivity contribution is 4.87. The van der Waals surface area contributed by atoms with Crippen molar-refractivity contribution >= 4 is 0 Å². The van der Waals surface area contributed by atoms with Gasteiger partial charge in [-0.1, -0.05) is 12.8 Å². The third kappa shape index (κ3) is 1.89. The molecule has 2 nitrogen and oxygen atoms in total. The Morgan fingerprint density at radius 1 is 1.08 bits per heavy atom. The maximum absolute atomic E-state index is 5.66. The van der Waals surface area contributed by atoms with Crippen molar-refractivity contribution in [2.24, 2.45) is 0 Å². The Bertz CT molecular complexity index is 155. The van der Waals surface area contributed by atoms with Gasteiger partial charge >= 0.3 is 0 Å². The van der Waals surface area contributed by atoms with Crippen LogP contribution in [0.25, 0.3) is 0 Å². The van der Waals surface area contributed by atoms with E-state index in [-0.39, 0.29) is 0 Å². The highest BCUT2D eigenvalue weighted by Crippen LogP contribution is 2.27. The van der Waals surface area contributed by atoms with Crippen molar-refractivity contribution in [1.29, 1.82) is 0 Å². The van der Waals surface area contributed by atoms with Crippen LogP contribution in [0.5, 0.6) is 0 Å². The minimum atomic E-state index is 0.692. The third-order valence-electron chi connectivity index (χ3n) is 3.38. The molecule has 2 bridgehead atoms. The maximum Gasteiger partial charge on any atom is 0.0622 e. The van der Waals surface area contributed by atoms with E-state index in [0.29, 0.717) is 18.1 Å². The van der Waals surface area contributed by atoms with Gasteiger partial charge in [-0.25, -0.2) is 0 Å². The maximum atomic E-state index is 5.66. The number of hydrogen-bond acceptors (Lipinski definition) is 2. The van der Waals surface area contributed by atoms with Crippen LogP contribution >= 0.6 is 0 Å².